The fourth-order valence-corrected chi connectivity index (χ4v) is 6.15. The molecule has 1 aromatic rings. The van der Waals surface area contributed by atoms with Crippen LogP contribution in [-0.2, 0) is 14.4 Å². The molecule has 1 aromatic carbocycles. The minimum Gasteiger partial charge on any atom is -0.371 e. The lowest BCUT2D eigenvalue weighted by molar-refractivity contribution is -0.136. The molecule has 0 radical (unpaired) electrons. The monoisotopic (exact) mass is 523 g/mol. The van der Waals surface area contributed by atoms with Crippen molar-refractivity contribution in [3.05, 3.63) is 29.3 Å². The molecule has 0 spiro atoms. The lowest BCUT2D eigenvalue weighted by Crippen LogP contribution is -2.54. The van der Waals surface area contributed by atoms with Crippen LogP contribution in [0.15, 0.2) is 18.2 Å². The van der Waals surface area contributed by atoms with Crippen LogP contribution in [0, 0.1) is 5.92 Å². The van der Waals surface area contributed by atoms with E-state index in [0.29, 0.717) is 23.5 Å². The number of rotatable bonds is 7. The number of anilines is 1. The van der Waals surface area contributed by atoms with Crippen LogP contribution in [0.4, 0.5) is 5.69 Å². The molecule has 204 valence electrons. The van der Waals surface area contributed by atoms with Gasteiger partial charge in [-0.15, -0.1) is 0 Å². The topological polar surface area (TPSA) is 110 Å². The highest BCUT2D eigenvalue weighted by Crippen LogP contribution is 2.32. The van der Waals surface area contributed by atoms with Gasteiger partial charge >= 0.3 is 0 Å². The Morgan fingerprint density at radius 1 is 0.947 bits per heavy atom. The maximum absolute atomic E-state index is 13.1. The first-order chi connectivity index (χ1) is 18.3. The smallest absolute Gasteiger partial charge is 0.262 e. The molecule has 1 unspecified atom stereocenters. The molecular formula is C28H37N5O5. The van der Waals surface area contributed by atoms with Crippen molar-refractivity contribution in [1.82, 2.24) is 20.0 Å². The molecule has 0 bridgehead atoms. The maximum atomic E-state index is 13.1. The number of nitrogens with zero attached hydrogens (tertiary/aromatic N) is 4. The van der Waals surface area contributed by atoms with Crippen LogP contribution >= 0.6 is 0 Å². The van der Waals surface area contributed by atoms with Crippen LogP contribution in [0.3, 0.4) is 0 Å². The summed E-state index contributed by atoms with van der Waals surface area (Å²) in [6, 6.07) is 4.36. The summed E-state index contributed by atoms with van der Waals surface area (Å²) in [5.74, 6) is -1.12. The minimum absolute atomic E-state index is 0.105. The van der Waals surface area contributed by atoms with E-state index in [1.54, 1.807) is 12.1 Å². The summed E-state index contributed by atoms with van der Waals surface area (Å²) in [4.78, 5) is 69.9. The normalized spacial score (nSPS) is 22.8. The first kappa shape index (κ1) is 26.3. The van der Waals surface area contributed by atoms with Crippen molar-refractivity contribution in [2.24, 2.45) is 5.92 Å². The van der Waals surface area contributed by atoms with E-state index in [9.17, 15) is 24.0 Å². The second-order valence-corrected chi connectivity index (χ2v) is 11.1. The number of piperidine rings is 3. The molecule has 10 heteroatoms. The van der Waals surface area contributed by atoms with E-state index in [2.05, 4.69) is 22.2 Å². The maximum Gasteiger partial charge on any atom is 0.262 e. The molecule has 38 heavy (non-hydrogen) atoms. The lowest BCUT2D eigenvalue weighted by Gasteiger charge is -2.35. The number of imide groups is 2. The molecule has 4 heterocycles. The number of benzene rings is 1. The van der Waals surface area contributed by atoms with E-state index in [1.165, 1.54) is 6.42 Å². The molecule has 5 amide bonds. The Kier molecular flexibility index (Phi) is 7.78. The molecule has 0 aromatic heterocycles. The predicted octanol–water partition coefficient (Wildman–Crippen LogP) is 1.64. The second kappa shape index (κ2) is 11.2. The molecule has 3 fully saturated rings. The average Bonchev–Trinajstić information content (AvgIpc) is 3.17. The fourth-order valence-electron chi connectivity index (χ4n) is 6.15. The van der Waals surface area contributed by atoms with Gasteiger partial charge in [-0.25, -0.2) is 0 Å². The molecule has 0 aliphatic carbocycles. The molecule has 4 aliphatic rings. The van der Waals surface area contributed by atoms with E-state index in [0.717, 1.165) is 75.5 Å². The Morgan fingerprint density at radius 2 is 1.66 bits per heavy atom. The molecule has 10 nitrogen and oxygen atoms in total. The van der Waals surface area contributed by atoms with Gasteiger partial charge in [0.05, 0.1) is 11.1 Å². The van der Waals surface area contributed by atoms with Gasteiger partial charge in [-0.05, 0) is 69.7 Å². The van der Waals surface area contributed by atoms with E-state index >= 15 is 0 Å². The van der Waals surface area contributed by atoms with E-state index in [-0.39, 0.29) is 24.7 Å². The first-order valence-corrected chi connectivity index (χ1v) is 13.9. The van der Waals surface area contributed by atoms with Crippen LogP contribution in [0.5, 0.6) is 0 Å². The number of likely N-dealkylation sites (tertiary alicyclic amines) is 1. The van der Waals surface area contributed by atoms with Crippen molar-refractivity contribution in [3.8, 4) is 0 Å². The Balaban J connectivity index is 1.13. The van der Waals surface area contributed by atoms with Crippen molar-refractivity contribution in [2.75, 3.05) is 51.2 Å². The quantitative estimate of drug-likeness (QED) is 0.541. The van der Waals surface area contributed by atoms with Gasteiger partial charge < -0.3 is 14.7 Å². The zero-order valence-corrected chi connectivity index (χ0v) is 22.1. The van der Waals surface area contributed by atoms with Gasteiger partial charge in [0.1, 0.15) is 6.04 Å². The van der Waals surface area contributed by atoms with Crippen LogP contribution in [-0.4, -0.2) is 96.6 Å². The third kappa shape index (κ3) is 5.45. The molecule has 1 N–H and O–H groups in total. The van der Waals surface area contributed by atoms with Crippen molar-refractivity contribution >= 4 is 35.2 Å². The summed E-state index contributed by atoms with van der Waals surface area (Å²) in [6.45, 7) is 5.24. The van der Waals surface area contributed by atoms with Gasteiger partial charge in [-0.3, -0.25) is 34.2 Å². The van der Waals surface area contributed by atoms with Gasteiger partial charge in [0.25, 0.3) is 11.8 Å². The van der Waals surface area contributed by atoms with Gasteiger partial charge in [-0.1, -0.05) is 0 Å². The molecular weight excluding hydrogens is 486 g/mol. The highest BCUT2D eigenvalue weighted by Gasteiger charge is 2.44. The van der Waals surface area contributed by atoms with E-state index in [1.807, 2.05) is 11.0 Å². The molecule has 5 rings (SSSR count). The van der Waals surface area contributed by atoms with E-state index in [4.69, 9.17) is 0 Å². The molecule has 4 aliphatic heterocycles. The first-order valence-electron chi connectivity index (χ1n) is 13.9. The molecule has 3 saturated heterocycles. The van der Waals surface area contributed by atoms with Crippen LogP contribution in [0.2, 0.25) is 0 Å². The summed E-state index contributed by atoms with van der Waals surface area (Å²) < 4.78 is 0. The zero-order chi connectivity index (χ0) is 26.8. The van der Waals surface area contributed by atoms with Crippen molar-refractivity contribution in [1.29, 1.82) is 0 Å². The van der Waals surface area contributed by atoms with Crippen LogP contribution in [0.1, 0.15) is 72.1 Å². The number of hydrogen-bond acceptors (Lipinski definition) is 7. The number of carbonyl (C=O) groups excluding carboxylic acids is 5. The van der Waals surface area contributed by atoms with Crippen LogP contribution < -0.4 is 10.2 Å². The summed E-state index contributed by atoms with van der Waals surface area (Å²) in [6.07, 6.45) is 6.31. The summed E-state index contributed by atoms with van der Waals surface area (Å²) in [5, 5.41) is 2.23. The largest absolute Gasteiger partial charge is 0.371 e. The highest BCUT2D eigenvalue weighted by molar-refractivity contribution is 6.23. The summed E-state index contributed by atoms with van der Waals surface area (Å²) in [5.41, 5.74) is 1.52. The summed E-state index contributed by atoms with van der Waals surface area (Å²) >= 11 is 0. The number of amides is 5. The molecule has 1 atom stereocenters. The van der Waals surface area contributed by atoms with Gasteiger partial charge in [0.2, 0.25) is 17.7 Å². The lowest BCUT2D eigenvalue weighted by atomic mass is 9.95. The Bertz CT molecular complexity index is 1120. The standard InChI is InChI=1S/C28H37N5O5/c1-30(14-11-25(35)32-12-3-2-4-13-32)18-19-9-15-31(16-10-19)20-5-6-21-22(17-20)28(38)33(27(21)37)23-7-8-24(34)29-26(23)36/h5-6,17,19,23H,2-4,7-16,18H2,1H3,(H,29,34,36). The van der Waals surface area contributed by atoms with E-state index < -0.39 is 23.8 Å². The SMILES string of the molecule is CN(CCC(=O)N1CCCCC1)CC1CCN(c2ccc3c(c2)C(=O)N(C2CCC(=O)NC2=O)C3=O)CC1. The van der Waals surface area contributed by atoms with Crippen LogP contribution in [0.25, 0.3) is 0 Å². The minimum atomic E-state index is -0.952. The Hall–Kier alpha value is -3.27. The van der Waals surface area contributed by atoms with Crippen molar-refractivity contribution in [2.45, 2.75) is 57.4 Å². The number of fused-ring (bicyclic) bond motifs is 1. The van der Waals surface area contributed by atoms with Gasteiger partial charge in [-0.2, -0.15) is 0 Å². The highest BCUT2D eigenvalue weighted by atomic mass is 16.2. The van der Waals surface area contributed by atoms with Gasteiger partial charge in [0.15, 0.2) is 0 Å². The second-order valence-electron chi connectivity index (χ2n) is 11.1. The Labute approximate surface area is 223 Å². The average molecular weight is 524 g/mol. The Morgan fingerprint density at radius 3 is 2.37 bits per heavy atom. The number of hydrogen-bond donors (Lipinski definition) is 1. The van der Waals surface area contributed by atoms with Crippen molar-refractivity contribution < 1.29 is 24.0 Å². The number of carbonyl (C=O) groups is 5. The number of nitrogens with one attached hydrogen (secondary N) is 1. The molecule has 0 saturated carbocycles. The van der Waals surface area contributed by atoms with Crippen molar-refractivity contribution in [3.63, 3.8) is 0 Å². The third-order valence-electron chi connectivity index (χ3n) is 8.39. The summed E-state index contributed by atoms with van der Waals surface area (Å²) in [7, 11) is 2.09. The predicted molar refractivity (Wildman–Crippen MR) is 141 cm³/mol. The zero-order valence-electron chi connectivity index (χ0n) is 22.1. The fraction of sp³-hybridized carbons (Fsp3) is 0.607. The third-order valence-corrected chi connectivity index (χ3v) is 8.39. The van der Waals surface area contributed by atoms with Gasteiger partial charge in [0, 0.05) is 57.8 Å².